The van der Waals surface area contributed by atoms with Gasteiger partial charge in [-0.2, -0.15) is 0 Å². The van der Waals surface area contributed by atoms with Gasteiger partial charge in [0.2, 0.25) is 0 Å². The van der Waals surface area contributed by atoms with Crippen molar-refractivity contribution in [2.45, 2.75) is 52.1 Å². The van der Waals surface area contributed by atoms with Crippen molar-refractivity contribution in [1.82, 2.24) is 0 Å². The van der Waals surface area contributed by atoms with Crippen LogP contribution in [0.4, 0.5) is 0 Å². The summed E-state index contributed by atoms with van der Waals surface area (Å²) in [5.41, 5.74) is -2.06. The van der Waals surface area contributed by atoms with E-state index in [0.717, 1.165) is 19.3 Å². The summed E-state index contributed by atoms with van der Waals surface area (Å²) in [5, 5.41) is 19.6. The smallest absolute Gasteiger partial charge is 0.312 e. The highest BCUT2D eigenvalue weighted by molar-refractivity contribution is 5.75. The molecule has 0 heterocycles. The van der Waals surface area contributed by atoms with Crippen molar-refractivity contribution in [3.8, 4) is 0 Å². The van der Waals surface area contributed by atoms with E-state index in [4.69, 9.17) is 5.11 Å². The number of carboxylic acid groups (broad SMARTS) is 1. The van der Waals surface area contributed by atoms with Crippen molar-refractivity contribution in [2.24, 2.45) is 11.3 Å². The fraction of sp³-hybridized carbons (Fsp3) is 0.909. The number of hydrogen-bond donors (Lipinski definition) is 2. The van der Waals surface area contributed by atoms with Crippen LogP contribution in [0.1, 0.15) is 46.5 Å². The van der Waals surface area contributed by atoms with Crippen LogP contribution in [-0.2, 0) is 4.79 Å². The highest BCUT2D eigenvalue weighted by Gasteiger charge is 2.55. The minimum absolute atomic E-state index is 0.133. The molecule has 0 radical (unpaired) electrons. The van der Waals surface area contributed by atoms with Crippen molar-refractivity contribution >= 4 is 5.97 Å². The molecule has 82 valence electrons. The van der Waals surface area contributed by atoms with Crippen LogP contribution < -0.4 is 0 Å². The summed E-state index contributed by atoms with van der Waals surface area (Å²) in [5.74, 6) is -0.769. The summed E-state index contributed by atoms with van der Waals surface area (Å²) in [6.07, 6.45) is 3.35. The lowest BCUT2D eigenvalue weighted by molar-refractivity contribution is -0.170. The summed E-state index contributed by atoms with van der Waals surface area (Å²) >= 11 is 0. The van der Waals surface area contributed by atoms with E-state index in [1.54, 1.807) is 13.8 Å². The van der Waals surface area contributed by atoms with Crippen LogP contribution in [-0.4, -0.2) is 21.8 Å². The van der Waals surface area contributed by atoms with E-state index >= 15 is 0 Å². The highest BCUT2D eigenvalue weighted by atomic mass is 16.4. The van der Waals surface area contributed by atoms with Gasteiger partial charge in [0.15, 0.2) is 0 Å². The third kappa shape index (κ3) is 1.44. The maximum absolute atomic E-state index is 11.1. The average Bonchev–Trinajstić information content (AvgIpc) is 2.48. The lowest BCUT2D eigenvalue weighted by Crippen LogP contribution is -2.51. The number of carboxylic acids is 1. The predicted octanol–water partition coefficient (Wildman–Crippen LogP) is 2.04. The van der Waals surface area contributed by atoms with Crippen molar-refractivity contribution in [3.05, 3.63) is 0 Å². The largest absolute Gasteiger partial charge is 0.481 e. The van der Waals surface area contributed by atoms with E-state index in [2.05, 4.69) is 0 Å². The SMILES string of the molecule is CCC1CCCC1(O)C(C)(C)C(=O)O. The summed E-state index contributed by atoms with van der Waals surface area (Å²) in [6, 6.07) is 0. The molecule has 0 aromatic carbocycles. The molecule has 2 atom stereocenters. The zero-order valence-electron chi connectivity index (χ0n) is 9.21. The number of aliphatic carboxylic acids is 1. The van der Waals surface area contributed by atoms with E-state index in [-0.39, 0.29) is 5.92 Å². The second-order valence-electron chi connectivity index (χ2n) is 4.85. The summed E-state index contributed by atoms with van der Waals surface area (Å²) in [6.45, 7) is 5.27. The van der Waals surface area contributed by atoms with Crippen molar-refractivity contribution in [3.63, 3.8) is 0 Å². The minimum Gasteiger partial charge on any atom is -0.481 e. The number of aliphatic hydroxyl groups is 1. The Morgan fingerprint density at radius 1 is 1.57 bits per heavy atom. The van der Waals surface area contributed by atoms with Crippen LogP contribution in [0.25, 0.3) is 0 Å². The average molecular weight is 200 g/mol. The lowest BCUT2D eigenvalue weighted by atomic mass is 9.68. The zero-order valence-corrected chi connectivity index (χ0v) is 9.21. The van der Waals surface area contributed by atoms with Crippen LogP contribution in [0.15, 0.2) is 0 Å². The predicted molar refractivity (Wildman–Crippen MR) is 54.0 cm³/mol. The second kappa shape index (κ2) is 3.54. The Labute approximate surface area is 85.1 Å². The maximum Gasteiger partial charge on any atom is 0.312 e. The van der Waals surface area contributed by atoms with Crippen LogP contribution in [0.3, 0.4) is 0 Å². The van der Waals surface area contributed by atoms with Crippen molar-refractivity contribution in [2.75, 3.05) is 0 Å². The lowest BCUT2D eigenvalue weighted by Gasteiger charge is -2.41. The Balaban J connectivity index is 2.98. The third-order valence-electron chi connectivity index (χ3n) is 3.90. The van der Waals surface area contributed by atoms with Gasteiger partial charge in [0.05, 0.1) is 11.0 Å². The van der Waals surface area contributed by atoms with Crippen molar-refractivity contribution < 1.29 is 15.0 Å². The molecule has 0 spiro atoms. The van der Waals surface area contributed by atoms with E-state index in [9.17, 15) is 9.90 Å². The first-order chi connectivity index (χ1) is 6.36. The van der Waals surface area contributed by atoms with Gasteiger partial charge in [-0.1, -0.05) is 19.8 Å². The van der Waals surface area contributed by atoms with Gasteiger partial charge in [-0.25, -0.2) is 0 Å². The van der Waals surface area contributed by atoms with Crippen LogP contribution in [0.2, 0.25) is 0 Å². The molecule has 3 heteroatoms. The van der Waals surface area contributed by atoms with E-state index in [1.165, 1.54) is 0 Å². The van der Waals surface area contributed by atoms with Gasteiger partial charge in [-0.3, -0.25) is 4.79 Å². The monoisotopic (exact) mass is 200 g/mol. The fourth-order valence-corrected chi connectivity index (χ4v) is 2.61. The fourth-order valence-electron chi connectivity index (χ4n) is 2.61. The Hall–Kier alpha value is -0.570. The van der Waals surface area contributed by atoms with Crippen LogP contribution in [0.5, 0.6) is 0 Å². The molecule has 0 saturated heterocycles. The zero-order chi connectivity index (χ0) is 11.0. The Bertz CT molecular complexity index is 235. The topological polar surface area (TPSA) is 57.5 Å². The third-order valence-corrected chi connectivity index (χ3v) is 3.90. The maximum atomic E-state index is 11.1. The second-order valence-corrected chi connectivity index (χ2v) is 4.85. The van der Waals surface area contributed by atoms with Gasteiger partial charge >= 0.3 is 5.97 Å². The van der Waals surface area contributed by atoms with Crippen molar-refractivity contribution in [1.29, 1.82) is 0 Å². The molecule has 1 rings (SSSR count). The molecule has 1 saturated carbocycles. The van der Waals surface area contributed by atoms with Gasteiger partial charge in [0, 0.05) is 0 Å². The number of carbonyl (C=O) groups is 1. The standard InChI is InChI=1S/C11H20O3/c1-4-8-6-5-7-11(8,14)10(2,3)9(12)13/h8,14H,4-7H2,1-3H3,(H,12,13). The van der Waals surface area contributed by atoms with E-state index in [1.807, 2.05) is 6.92 Å². The number of hydrogen-bond acceptors (Lipinski definition) is 2. The Kier molecular flexibility index (Phi) is 2.91. The molecule has 0 aliphatic heterocycles. The molecule has 0 aromatic heterocycles. The molecule has 0 aromatic rings. The summed E-state index contributed by atoms with van der Waals surface area (Å²) in [4.78, 5) is 11.1. The molecule has 1 aliphatic rings. The molecule has 14 heavy (non-hydrogen) atoms. The summed E-state index contributed by atoms with van der Waals surface area (Å²) in [7, 11) is 0. The molecular weight excluding hydrogens is 180 g/mol. The normalized spacial score (nSPS) is 33.3. The molecule has 2 unspecified atom stereocenters. The van der Waals surface area contributed by atoms with Crippen LogP contribution >= 0.6 is 0 Å². The molecule has 0 bridgehead atoms. The Morgan fingerprint density at radius 3 is 2.57 bits per heavy atom. The number of rotatable bonds is 3. The van der Waals surface area contributed by atoms with Gasteiger partial charge in [0.1, 0.15) is 0 Å². The molecule has 0 amide bonds. The first-order valence-electron chi connectivity index (χ1n) is 5.32. The van der Waals surface area contributed by atoms with Crippen LogP contribution in [0, 0.1) is 11.3 Å². The molecule has 1 fully saturated rings. The Morgan fingerprint density at radius 2 is 2.14 bits per heavy atom. The molecule has 3 nitrogen and oxygen atoms in total. The quantitative estimate of drug-likeness (QED) is 0.733. The first-order valence-corrected chi connectivity index (χ1v) is 5.32. The van der Waals surface area contributed by atoms with E-state index < -0.39 is 17.0 Å². The van der Waals surface area contributed by atoms with Gasteiger partial charge in [-0.15, -0.1) is 0 Å². The van der Waals surface area contributed by atoms with Gasteiger partial charge in [-0.05, 0) is 32.6 Å². The molecular formula is C11H20O3. The van der Waals surface area contributed by atoms with E-state index in [0.29, 0.717) is 6.42 Å². The molecule has 2 N–H and O–H groups in total. The van der Waals surface area contributed by atoms with Gasteiger partial charge < -0.3 is 10.2 Å². The molecule has 1 aliphatic carbocycles. The minimum atomic E-state index is -1.04. The highest BCUT2D eigenvalue weighted by Crippen LogP contribution is 2.48. The van der Waals surface area contributed by atoms with Gasteiger partial charge in [0.25, 0.3) is 0 Å². The first kappa shape index (κ1) is 11.5. The summed E-state index contributed by atoms with van der Waals surface area (Å²) < 4.78 is 0.